The van der Waals surface area contributed by atoms with Crippen LogP contribution in [0.3, 0.4) is 0 Å². The zero-order valence-corrected chi connectivity index (χ0v) is 11.6. The van der Waals surface area contributed by atoms with Gasteiger partial charge in [0.05, 0.1) is 5.52 Å². The lowest BCUT2D eigenvalue weighted by atomic mass is 10.2. The summed E-state index contributed by atoms with van der Waals surface area (Å²) in [5, 5.41) is 1.56. The predicted octanol–water partition coefficient (Wildman–Crippen LogP) is 2.44. The van der Waals surface area contributed by atoms with E-state index in [4.69, 9.17) is 5.73 Å². The third-order valence-electron chi connectivity index (χ3n) is 2.67. The minimum atomic E-state index is -2.43. The lowest BCUT2D eigenvalue weighted by molar-refractivity contribution is 0.588. The number of fused-ring (bicyclic) bond motifs is 1. The molecule has 4 heteroatoms. The Morgan fingerprint density at radius 1 is 1.22 bits per heavy atom. The van der Waals surface area contributed by atoms with E-state index in [0.29, 0.717) is 16.7 Å². The van der Waals surface area contributed by atoms with E-state index < -0.39 is 7.14 Å². The Balaban J connectivity index is 2.82. The third kappa shape index (κ3) is 2.25. The molecule has 0 atom stereocenters. The van der Waals surface area contributed by atoms with Gasteiger partial charge in [-0.05, 0) is 50.4 Å². The molecular formula is C14H15N2OP. The molecule has 92 valence electrons. The Morgan fingerprint density at radius 3 is 2.56 bits per heavy atom. The monoisotopic (exact) mass is 258 g/mol. The molecule has 3 nitrogen and oxygen atoms in total. The number of hydrogen-bond donors (Lipinski definition) is 1. The molecule has 0 amide bonds. The minimum absolute atomic E-state index is 0.562. The van der Waals surface area contributed by atoms with Crippen LogP contribution in [0.5, 0.6) is 0 Å². The number of hydrogen-bond acceptors (Lipinski definition) is 3. The molecule has 0 aliphatic heterocycles. The maximum absolute atomic E-state index is 12.3. The van der Waals surface area contributed by atoms with Crippen molar-refractivity contribution in [2.75, 3.05) is 19.1 Å². The summed E-state index contributed by atoms with van der Waals surface area (Å²) in [7, 11) is -2.43. The fourth-order valence-corrected chi connectivity index (χ4v) is 3.47. The summed E-state index contributed by atoms with van der Waals surface area (Å²) < 4.78 is 12.3. The quantitative estimate of drug-likeness (QED) is 0.485. The maximum Gasteiger partial charge on any atom is 0.113 e. The van der Waals surface area contributed by atoms with Crippen LogP contribution in [0.1, 0.15) is 12.6 Å². The first-order valence-electron chi connectivity index (χ1n) is 5.61. The minimum Gasteiger partial charge on any atom is -0.398 e. The first kappa shape index (κ1) is 12.7. The van der Waals surface area contributed by atoms with Crippen LogP contribution < -0.4 is 11.0 Å². The number of aromatic nitrogens is 1. The Morgan fingerprint density at radius 2 is 1.94 bits per heavy atom. The average molecular weight is 258 g/mol. The van der Waals surface area contributed by atoms with Crippen LogP contribution in [-0.4, -0.2) is 18.3 Å². The summed E-state index contributed by atoms with van der Waals surface area (Å²) in [6, 6.07) is 7.32. The van der Waals surface area contributed by atoms with E-state index in [1.807, 2.05) is 18.2 Å². The summed E-state index contributed by atoms with van der Waals surface area (Å²) in [5.74, 6) is 5.72. The summed E-state index contributed by atoms with van der Waals surface area (Å²) in [6.45, 7) is 5.21. The molecule has 1 aromatic carbocycles. The Hall–Kier alpha value is -1.78. The average Bonchev–Trinajstić information content (AvgIpc) is 2.28. The van der Waals surface area contributed by atoms with E-state index in [9.17, 15) is 4.57 Å². The van der Waals surface area contributed by atoms with Crippen molar-refractivity contribution in [3.63, 3.8) is 0 Å². The molecule has 0 aliphatic carbocycles. The molecule has 2 aromatic rings. The molecule has 2 rings (SSSR count). The van der Waals surface area contributed by atoms with E-state index in [-0.39, 0.29) is 0 Å². The lowest BCUT2D eigenvalue weighted by Gasteiger charge is -2.13. The van der Waals surface area contributed by atoms with Crippen molar-refractivity contribution in [1.29, 1.82) is 0 Å². The number of nitrogens with zero attached hydrogens (tertiary/aromatic N) is 1. The molecule has 1 heterocycles. The van der Waals surface area contributed by atoms with Crippen LogP contribution in [0.2, 0.25) is 0 Å². The second kappa shape index (κ2) is 4.48. The van der Waals surface area contributed by atoms with Gasteiger partial charge >= 0.3 is 0 Å². The molecule has 0 saturated heterocycles. The van der Waals surface area contributed by atoms with E-state index >= 15 is 0 Å². The van der Waals surface area contributed by atoms with Gasteiger partial charge in [0.15, 0.2) is 0 Å². The molecule has 0 fully saturated rings. The predicted molar refractivity (Wildman–Crippen MR) is 77.8 cm³/mol. The van der Waals surface area contributed by atoms with E-state index in [1.54, 1.807) is 26.3 Å². The number of nitrogen functional groups attached to an aromatic ring is 1. The van der Waals surface area contributed by atoms with Gasteiger partial charge in [-0.1, -0.05) is 5.92 Å². The molecule has 2 N–H and O–H groups in total. The largest absolute Gasteiger partial charge is 0.398 e. The van der Waals surface area contributed by atoms with Gasteiger partial charge in [0.2, 0.25) is 0 Å². The topological polar surface area (TPSA) is 56.0 Å². The van der Waals surface area contributed by atoms with Crippen molar-refractivity contribution in [3.8, 4) is 11.8 Å². The third-order valence-corrected chi connectivity index (χ3v) is 4.24. The maximum atomic E-state index is 12.3. The van der Waals surface area contributed by atoms with Gasteiger partial charge in [-0.15, -0.1) is 0 Å². The summed E-state index contributed by atoms with van der Waals surface area (Å²) >= 11 is 0. The number of benzene rings is 1. The highest BCUT2D eigenvalue weighted by atomic mass is 31.2. The smallest absolute Gasteiger partial charge is 0.113 e. The van der Waals surface area contributed by atoms with Crippen molar-refractivity contribution in [2.24, 2.45) is 0 Å². The summed E-state index contributed by atoms with van der Waals surface area (Å²) in [4.78, 5) is 4.43. The van der Waals surface area contributed by atoms with E-state index in [2.05, 4.69) is 16.8 Å². The van der Waals surface area contributed by atoms with Crippen molar-refractivity contribution in [1.82, 2.24) is 4.98 Å². The van der Waals surface area contributed by atoms with Crippen molar-refractivity contribution < 1.29 is 4.57 Å². The Kier molecular flexibility index (Phi) is 3.15. The molecule has 0 unspecified atom stereocenters. The number of anilines is 1. The van der Waals surface area contributed by atoms with Crippen LogP contribution in [0.15, 0.2) is 24.3 Å². The highest BCUT2D eigenvalue weighted by Gasteiger charge is 2.18. The van der Waals surface area contributed by atoms with Gasteiger partial charge in [0, 0.05) is 16.4 Å². The molecule has 0 radical (unpaired) electrons. The van der Waals surface area contributed by atoms with Gasteiger partial charge < -0.3 is 10.3 Å². The van der Waals surface area contributed by atoms with Crippen LogP contribution in [0, 0.1) is 11.8 Å². The molecular weight excluding hydrogens is 243 g/mol. The van der Waals surface area contributed by atoms with E-state index in [1.165, 1.54) is 0 Å². The highest BCUT2D eigenvalue weighted by Crippen LogP contribution is 2.39. The van der Waals surface area contributed by atoms with Crippen LogP contribution in [0.4, 0.5) is 5.69 Å². The van der Waals surface area contributed by atoms with E-state index in [0.717, 1.165) is 10.9 Å². The van der Waals surface area contributed by atoms with Gasteiger partial charge in [-0.2, -0.15) is 0 Å². The molecule has 18 heavy (non-hydrogen) atoms. The normalized spacial score (nSPS) is 11.1. The zero-order valence-electron chi connectivity index (χ0n) is 10.7. The number of pyridine rings is 1. The molecule has 0 bridgehead atoms. The van der Waals surface area contributed by atoms with Gasteiger partial charge in [-0.3, -0.25) is 0 Å². The van der Waals surface area contributed by atoms with Crippen molar-refractivity contribution in [3.05, 3.63) is 30.0 Å². The van der Waals surface area contributed by atoms with Gasteiger partial charge in [-0.25, -0.2) is 4.98 Å². The fraction of sp³-hybridized carbons (Fsp3) is 0.214. The first-order chi connectivity index (χ1) is 8.43. The zero-order chi connectivity index (χ0) is 13.3. The summed E-state index contributed by atoms with van der Waals surface area (Å²) in [6.07, 6.45) is 0. The molecule has 0 saturated carbocycles. The number of nitrogens with two attached hydrogens (primary N) is 1. The second-order valence-corrected chi connectivity index (χ2v) is 7.64. The SMILES string of the molecule is CC#Cc1ccc2c(P(C)(C)=O)c(N)ccc2n1. The highest BCUT2D eigenvalue weighted by molar-refractivity contribution is 7.71. The lowest BCUT2D eigenvalue weighted by Crippen LogP contribution is -2.11. The standard InChI is InChI=1S/C14H15N2OP/c1-4-5-10-6-7-11-13(16-10)9-8-12(15)14(11)18(2,3)17/h6-9H,15H2,1-3H3. The molecule has 1 aromatic heterocycles. The first-order valence-corrected chi connectivity index (χ1v) is 8.21. The van der Waals surface area contributed by atoms with Crippen molar-refractivity contribution >= 4 is 29.0 Å². The van der Waals surface area contributed by atoms with Crippen molar-refractivity contribution in [2.45, 2.75) is 6.92 Å². The molecule has 0 aliphatic rings. The van der Waals surface area contributed by atoms with Crippen LogP contribution in [0.25, 0.3) is 10.9 Å². The summed E-state index contributed by atoms with van der Waals surface area (Å²) in [5.41, 5.74) is 8.00. The Bertz CT molecular complexity index is 720. The Labute approximate surface area is 107 Å². The van der Waals surface area contributed by atoms with Gasteiger partial charge in [0.25, 0.3) is 0 Å². The van der Waals surface area contributed by atoms with Gasteiger partial charge in [0.1, 0.15) is 12.8 Å². The molecule has 0 spiro atoms. The van der Waals surface area contributed by atoms with Crippen LogP contribution >= 0.6 is 7.14 Å². The fourth-order valence-electron chi connectivity index (χ4n) is 2.00. The number of rotatable bonds is 1. The second-order valence-electron chi connectivity index (χ2n) is 4.49. The van der Waals surface area contributed by atoms with Crippen LogP contribution in [-0.2, 0) is 4.57 Å².